The Bertz CT molecular complexity index is 741. The molecule has 0 atom stereocenters. The molecule has 0 unspecified atom stereocenters. The highest BCUT2D eigenvalue weighted by molar-refractivity contribution is 7.27. The third kappa shape index (κ3) is 2.96. The summed E-state index contributed by atoms with van der Waals surface area (Å²) in [5, 5.41) is 3.78. The summed E-state index contributed by atoms with van der Waals surface area (Å²) in [6, 6.07) is 12.4. The van der Waals surface area contributed by atoms with Gasteiger partial charge in [0.25, 0.3) is 0 Å². The maximum atomic E-state index is 5.98. The van der Waals surface area contributed by atoms with Crippen molar-refractivity contribution in [3.8, 4) is 19.5 Å². The van der Waals surface area contributed by atoms with E-state index in [2.05, 4.69) is 29.4 Å². The van der Waals surface area contributed by atoms with Crippen LogP contribution in [0.25, 0.3) is 19.5 Å². The Morgan fingerprint density at radius 1 is 0.900 bits per heavy atom. The van der Waals surface area contributed by atoms with Gasteiger partial charge < -0.3 is 4.84 Å². The van der Waals surface area contributed by atoms with Crippen LogP contribution < -0.4 is 0 Å². The van der Waals surface area contributed by atoms with Gasteiger partial charge in [0.05, 0.1) is 10.6 Å². The molecule has 102 valence electrons. The van der Waals surface area contributed by atoms with Gasteiger partial charge >= 0.3 is 0 Å². The molecule has 0 aromatic carbocycles. The Morgan fingerprint density at radius 3 is 2.15 bits per heavy atom. The smallest absolute Gasteiger partial charge is 0.106 e. The lowest BCUT2D eigenvalue weighted by atomic mass is 10.3. The first-order valence-electron chi connectivity index (χ1n) is 5.78. The summed E-state index contributed by atoms with van der Waals surface area (Å²) in [4.78, 5) is 10.7. The Morgan fingerprint density at radius 2 is 1.50 bits per heavy atom. The molecule has 0 aliphatic heterocycles. The Labute approximate surface area is 133 Å². The molecule has 3 rings (SSSR count). The number of hydrogen-bond donors (Lipinski definition) is 0. The normalized spacial score (nSPS) is 11.3. The van der Waals surface area contributed by atoms with Gasteiger partial charge in [-0.3, -0.25) is 0 Å². The molecule has 0 fully saturated rings. The Kier molecular flexibility index (Phi) is 4.21. The molecule has 0 amide bonds. The molecule has 2 nitrogen and oxygen atoms in total. The lowest BCUT2D eigenvalue weighted by Gasteiger charge is -1.90. The average Bonchev–Trinajstić information content (AvgIpc) is 3.15. The van der Waals surface area contributed by atoms with Gasteiger partial charge in [-0.2, -0.15) is 0 Å². The van der Waals surface area contributed by atoms with Crippen molar-refractivity contribution < 1.29 is 4.84 Å². The Hall–Kier alpha value is -1.14. The van der Waals surface area contributed by atoms with Crippen molar-refractivity contribution in [3.05, 3.63) is 45.6 Å². The van der Waals surface area contributed by atoms with E-state index >= 15 is 0 Å². The first-order chi connectivity index (χ1) is 9.76. The first-order valence-corrected chi connectivity index (χ1v) is 8.61. The van der Waals surface area contributed by atoms with Gasteiger partial charge in [-0.15, -0.1) is 34.0 Å². The second-order valence-corrected chi connectivity index (χ2v) is 7.80. The molecule has 0 aliphatic carbocycles. The molecule has 3 aromatic rings. The van der Waals surface area contributed by atoms with Gasteiger partial charge in [0.2, 0.25) is 0 Å². The molecule has 0 spiro atoms. The maximum absolute atomic E-state index is 5.98. The molecule has 0 N–H and O–H groups in total. The molecular weight excluding hydrogens is 330 g/mol. The molecule has 0 saturated carbocycles. The number of hydrogen-bond acceptors (Lipinski definition) is 5. The molecule has 3 aromatic heterocycles. The second kappa shape index (κ2) is 6.10. The molecule has 0 saturated heterocycles. The average molecular weight is 340 g/mol. The highest BCUT2D eigenvalue weighted by Gasteiger charge is 2.08. The van der Waals surface area contributed by atoms with Crippen molar-refractivity contribution in [2.75, 3.05) is 7.11 Å². The topological polar surface area (TPSA) is 21.6 Å². The van der Waals surface area contributed by atoms with Crippen LogP contribution in [0, 0.1) is 0 Å². The standard InChI is InChI=1S/C14H10ClNOS3/c1-17-16-8-9-2-3-10(18-9)11-4-5-12(19-11)13-6-7-14(15)20-13/h2-8H,1H3/b16-8+. The monoisotopic (exact) mass is 339 g/mol. The van der Waals surface area contributed by atoms with E-state index in [9.17, 15) is 0 Å². The summed E-state index contributed by atoms with van der Waals surface area (Å²) in [6.07, 6.45) is 1.72. The van der Waals surface area contributed by atoms with Crippen molar-refractivity contribution in [1.29, 1.82) is 0 Å². The lowest BCUT2D eigenvalue weighted by molar-refractivity contribution is 0.215. The highest BCUT2D eigenvalue weighted by atomic mass is 35.5. The molecule has 6 heteroatoms. The minimum absolute atomic E-state index is 0.823. The molecule has 3 heterocycles. The predicted octanol–water partition coefficient (Wildman–Crippen LogP) is 5.84. The summed E-state index contributed by atoms with van der Waals surface area (Å²) in [5.74, 6) is 0. The first kappa shape index (κ1) is 13.8. The van der Waals surface area contributed by atoms with E-state index in [-0.39, 0.29) is 0 Å². The molecule has 0 bridgehead atoms. The largest absolute Gasteiger partial charge is 0.399 e. The molecule has 20 heavy (non-hydrogen) atoms. The van der Waals surface area contributed by atoms with Crippen molar-refractivity contribution >= 4 is 51.8 Å². The molecule has 0 radical (unpaired) electrons. The fourth-order valence-corrected chi connectivity index (χ4v) is 4.81. The minimum Gasteiger partial charge on any atom is -0.399 e. The highest BCUT2D eigenvalue weighted by Crippen LogP contribution is 2.40. The van der Waals surface area contributed by atoms with E-state index in [0.717, 1.165) is 9.21 Å². The van der Waals surface area contributed by atoms with Gasteiger partial charge in [-0.1, -0.05) is 16.8 Å². The summed E-state index contributed by atoms with van der Waals surface area (Å²) >= 11 is 11.1. The van der Waals surface area contributed by atoms with Crippen LogP contribution in [0.5, 0.6) is 0 Å². The van der Waals surface area contributed by atoms with Gasteiger partial charge in [0.1, 0.15) is 7.11 Å². The number of thiophene rings is 3. The van der Waals surface area contributed by atoms with Gasteiger partial charge in [-0.05, 0) is 36.4 Å². The lowest BCUT2D eigenvalue weighted by Crippen LogP contribution is -1.72. The maximum Gasteiger partial charge on any atom is 0.106 e. The van der Waals surface area contributed by atoms with Crippen LogP contribution in [0.15, 0.2) is 41.6 Å². The van der Waals surface area contributed by atoms with Gasteiger partial charge in [-0.25, -0.2) is 0 Å². The van der Waals surface area contributed by atoms with Crippen LogP contribution in [0.2, 0.25) is 4.34 Å². The third-order valence-corrected chi connectivity index (χ3v) is 6.30. The summed E-state index contributed by atoms with van der Waals surface area (Å²) < 4.78 is 0.823. The van der Waals surface area contributed by atoms with Crippen molar-refractivity contribution in [3.63, 3.8) is 0 Å². The van der Waals surface area contributed by atoms with Crippen LogP contribution in [-0.2, 0) is 4.84 Å². The van der Waals surface area contributed by atoms with Gasteiger partial charge in [0.15, 0.2) is 0 Å². The van der Waals surface area contributed by atoms with E-state index in [1.54, 1.807) is 47.3 Å². The summed E-state index contributed by atoms with van der Waals surface area (Å²) in [6.45, 7) is 0. The zero-order valence-corrected chi connectivity index (χ0v) is 13.7. The quantitative estimate of drug-likeness (QED) is 0.432. The minimum atomic E-state index is 0.823. The van der Waals surface area contributed by atoms with Crippen LogP contribution in [-0.4, -0.2) is 13.3 Å². The van der Waals surface area contributed by atoms with Crippen LogP contribution in [0.1, 0.15) is 4.88 Å². The predicted molar refractivity (Wildman–Crippen MR) is 90.6 cm³/mol. The van der Waals surface area contributed by atoms with E-state index in [0.29, 0.717) is 0 Å². The van der Waals surface area contributed by atoms with Crippen molar-refractivity contribution in [1.82, 2.24) is 0 Å². The van der Waals surface area contributed by atoms with E-state index in [1.165, 1.54) is 19.5 Å². The number of halogens is 1. The fourth-order valence-electron chi connectivity index (χ4n) is 1.71. The van der Waals surface area contributed by atoms with E-state index in [1.807, 2.05) is 12.1 Å². The zero-order chi connectivity index (χ0) is 13.9. The number of oxime groups is 1. The third-order valence-electron chi connectivity index (χ3n) is 2.58. The summed E-state index contributed by atoms with van der Waals surface area (Å²) in [5.41, 5.74) is 0. The van der Waals surface area contributed by atoms with Gasteiger partial charge in [0, 0.05) is 24.4 Å². The molecular formula is C14H10ClNOS3. The van der Waals surface area contributed by atoms with E-state index in [4.69, 9.17) is 16.4 Å². The Balaban J connectivity index is 1.86. The molecule has 0 aliphatic rings. The van der Waals surface area contributed by atoms with Crippen LogP contribution in [0.4, 0.5) is 0 Å². The van der Waals surface area contributed by atoms with Crippen LogP contribution >= 0.6 is 45.6 Å². The van der Waals surface area contributed by atoms with E-state index < -0.39 is 0 Å². The number of nitrogens with zero attached hydrogens (tertiary/aromatic N) is 1. The zero-order valence-electron chi connectivity index (χ0n) is 10.5. The second-order valence-electron chi connectivity index (χ2n) is 3.89. The van der Waals surface area contributed by atoms with Crippen molar-refractivity contribution in [2.45, 2.75) is 0 Å². The number of rotatable bonds is 4. The fraction of sp³-hybridized carbons (Fsp3) is 0.0714. The summed E-state index contributed by atoms with van der Waals surface area (Å²) in [7, 11) is 1.54. The SMILES string of the molecule is CO/N=C/c1ccc(-c2ccc(-c3ccc(Cl)s3)s2)s1. The van der Waals surface area contributed by atoms with Crippen molar-refractivity contribution in [2.24, 2.45) is 5.16 Å². The van der Waals surface area contributed by atoms with Crippen LogP contribution in [0.3, 0.4) is 0 Å².